The van der Waals surface area contributed by atoms with E-state index in [2.05, 4.69) is 0 Å². The van der Waals surface area contributed by atoms with Gasteiger partial charge in [0.15, 0.2) is 0 Å². The van der Waals surface area contributed by atoms with E-state index >= 15 is 0 Å². The molecule has 11 heteroatoms. The number of ether oxygens (including phenoxy) is 2. The molecular formula is C27H33N2O8P. The molecule has 1 amide bonds. The van der Waals surface area contributed by atoms with Crippen LogP contribution in [0.1, 0.15) is 43.9 Å². The number of carbonyl (C=O) groups excluding carboxylic acids is 2. The minimum absolute atomic E-state index is 0.0195. The lowest BCUT2D eigenvalue weighted by molar-refractivity contribution is -0.291. The quantitative estimate of drug-likeness (QED) is 0.273. The summed E-state index contributed by atoms with van der Waals surface area (Å²) in [5.74, 6) is -4.48. The Labute approximate surface area is 221 Å². The number of carbonyl (C=O) groups is 2. The second-order valence-electron chi connectivity index (χ2n) is 9.53. The summed E-state index contributed by atoms with van der Waals surface area (Å²) >= 11 is 0. The summed E-state index contributed by atoms with van der Waals surface area (Å²) in [7, 11) is -4.13. The molecule has 0 radical (unpaired) electrons. The third kappa shape index (κ3) is 4.70. The van der Waals surface area contributed by atoms with Gasteiger partial charge in [-0.2, -0.15) is 0 Å². The predicted octanol–water partition coefficient (Wildman–Crippen LogP) is 3.41. The summed E-state index contributed by atoms with van der Waals surface area (Å²) in [5, 5.41) is 11.3. The number of fused-ring (bicyclic) bond motifs is 3. The van der Waals surface area contributed by atoms with Crippen LogP contribution in [-0.2, 0) is 39.3 Å². The Balaban J connectivity index is 1.45. The Morgan fingerprint density at radius 1 is 1.11 bits per heavy atom. The number of nitrogens with zero attached hydrogens (tertiary/aromatic N) is 2. The summed E-state index contributed by atoms with van der Waals surface area (Å²) in [6, 6.07) is 17.0. The second kappa shape index (κ2) is 10.9. The number of amides is 1. The molecule has 0 aliphatic carbocycles. The lowest BCUT2D eigenvalue weighted by Gasteiger charge is -2.59. The van der Waals surface area contributed by atoms with Crippen LogP contribution in [0.5, 0.6) is 0 Å². The first-order valence-corrected chi connectivity index (χ1v) is 14.6. The van der Waals surface area contributed by atoms with Crippen molar-refractivity contribution in [3.05, 3.63) is 71.8 Å². The van der Waals surface area contributed by atoms with E-state index in [9.17, 15) is 19.3 Å². The fourth-order valence-corrected chi connectivity index (χ4v) is 7.68. The zero-order valence-electron chi connectivity index (χ0n) is 21.5. The van der Waals surface area contributed by atoms with E-state index in [0.29, 0.717) is 6.42 Å². The van der Waals surface area contributed by atoms with E-state index in [1.807, 2.05) is 48.5 Å². The Morgan fingerprint density at radius 3 is 2.37 bits per heavy atom. The number of aliphatic hydroxyl groups is 1. The number of hydrogen-bond acceptors (Lipinski definition) is 9. The minimum atomic E-state index is -4.13. The fraction of sp³-hybridized carbons (Fsp3) is 0.481. The van der Waals surface area contributed by atoms with Gasteiger partial charge in [0.25, 0.3) is 0 Å². The molecule has 2 aromatic rings. The minimum Gasteiger partial charge on any atom is -0.459 e. The molecule has 3 heterocycles. The normalized spacial score (nSPS) is 27.8. The van der Waals surface area contributed by atoms with Crippen LogP contribution < -0.4 is 0 Å². The van der Waals surface area contributed by atoms with Gasteiger partial charge in [-0.25, -0.2) is 9.69 Å². The van der Waals surface area contributed by atoms with Crippen molar-refractivity contribution in [1.82, 2.24) is 9.80 Å². The van der Waals surface area contributed by atoms with Gasteiger partial charge in [0.2, 0.25) is 17.6 Å². The van der Waals surface area contributed by atoms with E-state index in [4.69, 9.17) is 18.5 Å². The maximum absolute atomic E-state index is 14.0. The Kier molecular flexibility index (Phi) is 7.73. The van der Waals surface area contributed by atoms with Crippen molar-refractivity contribution in [3.8, 4) is 0 Å². The molecule has 3 aliphatic rings. The monoisotopic (exact) mass is 544 g/mol. The number of rotatable bonds is 10. The molecule has 2 aromatic carbocycles. The maximum atomic E-state index is 14.0. The molecule has 10 nitrogen and oxygen atoms in total. The number of esters is 1. The Morgan fingerprint density at radius 2 is 1.74 bits per heavy atom. The van der Waals surface area contributed by atoms with Gasteiger partial charge in [-0.1, -0.05) is 60.7 Å². The maximum Gasteiger partial charge on any atom is 0.364 e. The molecule has 5 atom stereocenters. The van der Waals surface area contributed by atoms with Crippen LogP contribution in [0.2, 0.25) is 0 Å². The molecular weight excluding hydrogens is 511 g/mol. The van der Waals surface area contributed by atoms with Gasteiger partial charge in [0, 0.05) is 6.42 Å². The van der Waals surface area contributed by atoms with Crippen LogP contribution in [0.3, 0.4) is 0 Å². The molecule has 38 heavy (non-hydrogen) atoms. The fourth-order valence-electron chi connectivity index (χ4n) is 5.68. The molecule has 0 spiro atoms. The number of likely N-dealkylation sites (tertiary alicyclic amines) is 1. The van der Waals surface area contributed by atoms with Crippen molar-refractivity contribution < 1.29 is 37.8 Å². The summed E-state index contributed by atoms with van der Waals surface area (Å²) < 4.78 is 36.4. The lowest BCUT2D eigenvalue weighted by Crippen LogP contribution is -2.78. The molecule has 1 unspecified atom stereocenters. The Bertz CT molecular complexity index is 1190. The van der Waals surface area contributed by atoms with Gasteiger partial charge in [-0.05, 0) is 31.4 Å². The van der Waals surface area contributed by atoms with Gasteiger partial charge in [0.05, 0.1) is 31.9 Å². The summed E-state index contributed by atoms with van der Waals surface area (Å²) in [5.41, 5.74) is 1.65. The average molecular weight is 545 g/mol. The SMILES string of the molecule is CCOP(=O)(OCC)[C@H](C(=O)OCc1ccccc1)N1C(=O)[C@@H]2[C@H]1CCC1(O)OC[C@H](c3ccccc3)N21. The van der Waals surface area contributed by atoms with Crippen molar-refractivity contribution in [2.24, 2.45) is 0 Å². The molecule has 204 valence electrons. The van der Waals surface area contributed by atoms with Crippen molar-refractivity contribution in [3.63, 3.8) is 0 Å². The molecule has 0 aromatic heterocycles. The topological polar surface area (TPSA) is 115 Å². The van der Waals surface area contributed by atoms with E-state index in [1.54, 1.807) is 30.9 Å². The summed E-state index contributed by atoms with van der Waals surface area (Å²) in [6.45, 7) is 3.49. The molecule has 3 saturated heterocycles. The third-order valence-electron chi connectivity index (χ3n) is 7.31. The number of benzene rings is 2. The molecule has 0 saturated carbocycles. The first-order chi connectivity index (χ1) is 18.3. The number of hydrogen-bond donors (Lipinski definition) is 1. The molecule has 0 bridgehead atoms. The van der Waals surface area contributed by atoms with Gasteiger partial charge in [-0.15, -0.1) is 0 Å². The smallest absolute Gasteiger partial charge is 0.364 e. The highest BCUT2D eigenvalue weighted by Crippen LogP contribution is 2.59. The standard InChI is InChI=1S/C27H33N2O8P/c1-3-36-38(33,37-4-2)25(26(31)34-17-19-11-7-5-8-12-19)28-21-15-16-27(32)29(23(21)24(28)30)22(18-35-27)20-13-9-6-10-14-20/h5-14,21-23,25,32H,3-4,15-18H2,1-2H3/t21-,22-,23+,25-,27?/m1/s1. The number of β-lactam (4-membered cyclic amide) rings is 1. The highest BCUT2D eigenvalue weighted by Gasteiger charge is 2.68. The van der Waals surface area contributed by atoms with Crippen molar-refractivity contribution in [2.75, 3.05) is 19.8 Å². The third-order valence-corrected chi connectivity index (χ3v) is 9.60. The first kappa shape index (κ1) is 27.0. The number of piperidine rings is 1. The summed E-state index contributed by atoms with van der Waals surface area (Å²) in [6.07, 6.45) is 0.548. The van der Waals surface area contributed by atoms with E-state index < -0.39 is 43.2 Å². The van der Waals surface area contributed by atoms with Crippen LogP contribution in [0.4, 0.5) is 0 Å². The zero-order chi connectivity index (χ0) is 26.9. The lowest BCUT2D eigenvalue weighted by atomic mass is 9.82. The second-order valence-corrected chi connectivity index (χ2v) is 11.6. The molecule has 3 aliphatic heterocycles. The summed E-state index contributed by atoms with van der Waals surface area (Å²) in [4.78, 5) is 30.3. The van der Waals surface area contributed by atoms with Crippen molar-refractivity contribution in [1.29, 1.82) is 0 Å². The molecule has 1 N–H and O–H groups in total. The van der Waals surface area contributed by atoms with E-state index in [0.717, 1.165) is 11.1 Å². The highest BCUT2D eigenvalue weighted by atomic mass is 31.2. The van der Waals surface area contributed by atoms with Crippen LogP contribution in [0, 0.1) is 0 Å². The van der Waals surface area contributed by atoms with Gasteiger partial charge < -0.3 is 28.5 Å². The van der Waals surface area contributed by atoms with E-state index in [-0.39, 0.29) is 38.9 Å². The highest BCUT2D eigenvalue weighted by molar-refractivity contribution is 7.55. The zero-order valence-corrected chi connectivity index (χ0v) is 22.4. The predicted molar refractivity (Wildman–Crippen MR) is 136 cm³/mol. The van der Waals surface area contributed by atoms with Gasteiger partial charge in [-0.3, -0.25) is 9.36 Å². The van der Waals surface area contributed by atoms with Crippen LogP contribution >= 0.6 is 7.60 Å². The van der Waals surface area contributed by atoms with Gasteiger partial charge >= 0.3 is 13.6 Å². The van der Waals surface area contributed by atoms with Gasteiger partial charge in [0.1, 0.15) is 12.6 Å². The average Bonchev–Trinajstić information content (AvgIpc) is 3.27. The first-order valence-electron chi connectivity index (χ1n) is 12.9. The van der Waals surface area contributed by atoms with Crippen LogP contribution in [0.15, 0.2) is 60.7 Å². The van der Waals surface area contributed by atoms with E-state index in [1.165, 1.54) is 4.90 Å². The van der Waals surface area contributed by atoms with Crippen molar-refractivity contribution >= 4 is 19.5 Å². The largest absolute Gasteiger partial charge is 0.459 e. The Hall–Kier alpha value is -2.59. The molecule has 3 fully saturated rings. The molecule has 5 rings (SSSR count). The van der Waals surface area contributed by atoms with Crippen LogP contribution in [0.25, 0.3) is 0 Å². The van der Waals surface area contributed by atoms with Crippen LogP contribution in [-0.4, -0.2) is 70.4 Å². The van der Waals surface area contributed by atoms with Crippen molar-refractivity contribution in [2.45, 2.75) is 63.1 Å².